The number of benzene rings is 1. The van der Waals surface area contributed by atoms with Gasteiger partial charge in [0.2, 0.25) is 0 Å². The van der Waals surface area contributed by atoms with Gasteiger partial charge in [-0.15, -0.1) is 0 Å². The van der Waals surface area contributed by atoms with Gasteiger partial charge in [-0.3, -0.25) is 4.79 Å². The molecule has 0 radical (unpaired) electrons. The van der Waals surface area contributed by atoms with Gasteiger partial charge in [0, 0.05) is 0 Å². The number of halogens is 4. The second kappa shape index (κ2) is 4.51. The number of hydrogen-bond donors (Lipinski definition) is 0. The lowest BCUT2D eigenvalue weighted by Gasteiger charge is -2.07. The molecule has 84 valence electrons. The highest BCUT2D eigenvalue weighted by Gasteiger charge is 2.30. The summed E-state index contributed by atoms with van der Waals surface area (Å²) >= 11 is 5.03. The second-order valence-electron chi connectivity index (χ2n) is 2.83. The molecule has 0 saturated carbocycles. The number of carbonyl (C=O) groups excluding carboxylic acids is 2. The summed E-state index contributed by atoms with van der Waals surface area (Å²) in [5, 5.41) is -1.14. The van der Waals surface area contributed by atoms with Crippen LogP contribution in [0.2, 0.25) is 0 Å². The molecule has 0 bridgehead atoms. The van der Waals surface area contributed by atoms with Crippen LogP contribution in [0.5, 0.6) is 0 Å². The molecule has 0 unspecified atom stereocenters. The maximum Gasteiger partial charge on any atom is 0.416 e. The molecule has 0 aliphatic carbocycles. The van der Waals surface area contributed by atoms with E-state index >= 15 is 0 Å². The minimum absolute atomic E-state index is 0.204. The van der Waals surface area contributed by atoms with Crippen molar-refractivity contribution in [2.75, 3.05) is 0 Å². The first-order valence-corrected chi connectivity index (χ1v) is 4.36. The molecule has 6 heteroatoms. The molecule has 0 heterocycles. The van der Waals surface area contributed by atoms with Crippen molar-refractivity contribution >= 4 is 28.4 Å². The Morgan fingerprint density at radius 2 is 1.94 bits per heavy atom. The molecule has 16 heavy (non-hydrogen) atoms. The largest absolute Gasteiger partial charge is 0.416 e. The average molecular weight is 249 g/mol. The summed E-state index contributed by atoms with van der Waals surface area (Å²) in [6, 6.07) is 3.75. The lowest BCUT2D eigenvalue weighted by Crippen LogP contribution is -2.06. The Labute approximate surface area is 93.3 Å². The van der Waals surface area contributed by atoms with Crippen molar-refractivity contribution in [3.8, 4) is 0 Å². The third-order valence-corrected chi connectivity index (χ3v) is 1.97. The van der Waals surface area contributed by atoms with E-state index in [4.69, 9.17) is 11.6 Å². The van der Waals surface area contributed by atoms with Gasteiger partial charge in [0.25, 0.3) is 5.24 Å². The van der Waals surface area contributed by atoms with Crippen LogP contribution in [0.15, 0.2) is 24.3 Å². The zero-order valence-corrected chi connectivity index (χ0v) is 8.39. The molecule has 0 aliphatic heterocycles. The summed E-state index contributed by atoms with van der Waals surface area (Å²) in [6.45, 7) is 0. The van der Waals surface area contributed by atoms with Gasteiger partial charge >= 0.3 is 6.18 Å². The van der Waals surface area contributed by atoms with Crippen LogP contribution in [-0.4, -0.2) is 11.2 Å². The molecule has 0 aliphatic rings. The third kappa shape index (κ3) is 2.72. The Hall–Kier alpha value is -1.58. The van der Waals surface area contributed by atoms with Gasteiger partial charge in [-0.1, -0.05) is 12.1 Å². The van der Waals surface area contributed by atoms with E-state index < -0.39 is 22.6 Å². The summed E-state index contributed by atoms with van der Waals surface area (Å²) in [5.41, 5.74) is -1.78. The molecule has 1 rings (SSSR count). The van der Waals surface area contributed by atoms with Crippen LogP contribution < -0.4 is 0 Å². The number of rotatable bonds is 2. The van der Waals surface area contributed by atoms with Gasteiger partial charge in [-0.2, -0.15) is 13.2 Å². The zero-order chi connectivity index (χ0) is 12.3. The van der Waals surface area contributed by atoms with Crippen LogP contribution in [0.3, 0.4) is 0 Å². The van der Waals surface area contributed by atoms with Gasteiger partial charge in [0.05, 0.1) is 5.56 Å². The van der Waals surface area contributed by atoms with E-state index in [-0.39, 0.29) is 5.56 Å². The predicted octanol–water partition coefficient (Wildman–Crippen LogP) is 2.69. The van der Waals surface area contributed by atoms with Crippen LogP contribution in [0.25, 0.3) is 5.57 Å². The molecule has 0 aromatic heterocycles. The maximum atomic E-state index is 12.3. The fourth-order valence-corrected chi connectivity index (χ4v) is 1.21. The van der Waals surface area contributed by atoms with E-state index in [0.717, 1.165) is 12.1 Å². The molecule has 1 aromatic rings. The molecule has 0 saturated heterocycles. The van der Waals surface area contributed by atoms with Crippen molar-refractivity contribution in [2.24, 2.45) is 0 Å². The topological polar surface area (TPSA) is 34.1 Å². The maximum absolute atomic E-state index is 12.3. The van der Waals surface area contributed by atoms with Crippen molar-refractivity contribution in [1.29, 1.82) is 0 Å². The van der Waals surface area contributed by atoms with Crippen molar-refractivity contribution < 1.29 is 22.8 Å². The molecule has 0 fully saturated rings. The zero-order valence-electron chi connectivity index (χ0n) is 7.64. The van der Waals surface area contributed by atoms with E-state index in [1.807, 2.05) is 0 Å². The van der Waals surface area contributed by atoms with Crippen molar-refractivity contribution in [3.63, 3.8) is 0 Å². The smallest absolute Gasteiger partial charge is 0.275 e. The van der Waals surface area contributed by atoms with E-state index in [1.165, 1.54) is 12.0 Å². The van der Waals surface area contributed by atoms with Crippen LogP contribution in [0.4, 0.5) is 13.2 Å². The molecular formula is C10H4ClF3O2. The van der Waals surface area contributed by atoms with Crippen molar-refractivity contribution in [1.82, 2.24) is 0 Å². The van der Waals surface area contributed by atoms with Crippen molar-refractivity contribution in [2.45, 2.75) is 6.18 Å². The highest BCUT2D eigenvalue weighted by molar-refractivity contribution is 6.75. The SMILES string of the molecule is O=C=C(C(=O)Cl)c1cccc(C(F)(F)F)c1. The first-order chi connectivity index (χ1) is 7.36. The fraction of sp³-hybridized carbons (Fsp3) is 0.100. The minimum Gasteiger partial charge on any atom is -0.275 e. The first-order valence-electron chi connectivity index (χ1n) is 3.99. The first kappa shape index (κ1) is 12.5. The summed E-state index contributed by atoms with van der Waals surface area (Å²) in [6.07, 6.45) is -4.54. The second-order valence-corrected chi connectivity index (χ2v) is 3.17. The molecule has 0 N–H and O–H groups in total. The summed E-state index contributed by atoms with van der Waals surface area (Å²) < 4.78 is 36.9. The van der Waals surface area contributed by atoms with E-state index in [2.05, 4.69) is 0 Å². The normalized spacial score (nSPS) is 10.8. The Morgan fingerprint density at radius 1 is 1.31 bits per heavy atom. The highest BCUT2D eigenvalue weighted by Crippen LogP contribution is 2.30. The van der Waals surface area contributed by atoms with Crippen LogP contribution >= 0.6 is 11.6 Å². The van der Waals surface area contributed by atoms with E-state index in [9.17, 15) is 22.8 Å². The van der Waals surface area contributed by atoms with Crippen molar-refractivity contribution in [3.05, 3.63) is 35.4 Å². The molecule has 0 atom stereocenters. The minimum atomic E-state index is -4.54. The number of hydrogen-bond acceptors (Lipinski definition) is 2. The summed E-state index contributed by atoms with van der Waals surface area (Å²) in [5.74, 6) is 1.21. The monoisotopic (exact) mass is 248 g/mol. The molecular weight excluding hydrogens is 245 g/mol. The van der Waals surface area contributed by atoms with Gasteiger partial charge in [0.15, 0.2) is 0 Å². The number of allylic oxidation sites excluding steroid dienone is 1. The molecule has 1 aromatic carbocycles. The average Bonchev–Trinajstić information content (AvgIpc) is 2.17. The highest BCUT2D eigenvalue weighted by atomic mass is 35.5. The predicted molar refractivity (Wildman–Crippen MR) is 51.4 cm³/mol. The van der Waals surface area contributed by atoms with E-state index in [0.29, 0.717) is 6.07 Å². The summed E-state index contributed by atoms with van der Waals surface area (Å²) in [7, 11) is 0. The van der Waals surface area contributed by atoms with Crippen LogP contribution in [0.1, 0.15) is 11.1 Å². The third-order valence-electron chi connectivity index (χ3n) is 1.78. The van der Waals surface area contributed by atoms with Crippen LogP contribution in [0, 0.1) is 0 Å². The van der Waals surface area contributed by atoms with Crippen LogP contribution in [-0.2, 0) is 15.8 Å². The Balaban J connectivity index is 3.28. The standard InChI is InChI=1S/C10H4ClF3O2/c11-9(16)8(5-15)6-2-1-3-7(4-6)10(12,13)14/h1-4H. The Bertz CT molecular complexity index is 473. The molecule has 0 amide bonds. The molecule has 2 nitrogen and oxygen atoms in total. The number of alkyl halides is 3. The Kier molecular flexibility index (Phi) is 3.52. The lowest BCUT2D eigenvalue weighted by atomic mass is 10.1. The fourth-order valence-electron chi connectivity index (χ4n) is 1.06. The Morgan fingerprint density at radius 3 is 2.38 bits per heavy atom. The lowest BCUT2D eigenvalue weighted by molar-refractivity contribution is -0.137. The number of carbonyl (C=O) groups is 1. The van der Waals surface area contributed by atoms with Gasteiger partial charge in [-0.25, -0.2) is 4.79 Å². The quantitative estimate of drug-likeness (QED) is 0.458. The van der Waals surface area contributed by atoms with Gasteiger partial charge in [0.1, 0.15) is 11.5 Å². The van der Waals surface area contributed by atoms with Gasteiger partial charge < -0.3 is 0 Å². The summed E-state index contributed by atoms with van der Waals surface area (Å²) in [4.78, 5) is 21.1. The van der Waals surface area contributed by atoms with Gasteiger partial charge in [-0.05, 0) is 29.3 Å². The molecule has 0 spiro atoms. The van der Waals surface area contributed by atoms with E-state index in [1.54, 1.807) is 0 Å².